The summed E-state index contributed by atoms with van der Waals surface area (Å²) in [6.07, 6.45) is 2.50. The molecule has 2 nitrogen and oxygen atoms in total. The Bertz CT molecular complexity index is 332. The molecule has 1 fully saturated rings. The summed E-state index contributed by atoms with van der Waals surface area (Å²) < 4.78 is 0. The lowest BCUT2D eigenvalue weighted by atomic mass is 9.87. The Kier molecular flexibility index (Phi) is 3.29. The van der Waals surface area contributed by atoms with Gasteiger partial charge in [-0.05, 0) is 38.4 Å². The Hall–Kier alpha value is -0.570. The average Bonchev–Trinajstić information content (AvgIpc) is 2.44. The Morgan fingerprint density at radius 3 is 2.80 bits per heavy atom. The third kappa shape index (κ3) is 2.33. The molecule has 0 spiro atoms. The smallest absolute Gasteiger partial charge is 0.0923 e. The van der Waals surface area contributed by atoms with Gasteiger partial charge in [0.15, 0.2) is 0 Å². The van der Waals surface area contributed by atoms with Gasteiger partial charge in [0.1, 0.15) is 0 Å². The standard InChI is InChI=1S/C12H16ClNO/c13-11-5-2-1-4-10(11)12(15)6-3-8-14-9-7-12/h1-2,4-5,14-15H,3,6-9H2. The van der Waals surface area contributed by atoms with Crippen LogP contribution in [0, 0.1) is 0 Å². The SMILES string of the molecule is OC1(c2ccccc2Cl)CCCNCC1. The van der Waals surface area contributed by atoms with Crippen LogP contribution in [0.3, 0.4) is 0 Å². The van der Waals surface area contributed by atoms with Gasteiger partial charge < -0.3 is 10.4 Å². The first-order valence-electron chi connectivity index (χ1n) is 5.40. The van der Waals surface area contributed by atoms with Crippen molar-refractivity contribution in [1.82, 2.24) is 5.32 Å². The third-order valence-electron chi connectivity index (χ3n) is 3.03. The van der Waals surface area contributed by atoms with Gasteiger partial charge in [-0.3, -0.25) is 0 Å². The predicted molar refractivity (Wildman–Crippen MR) is 62.1 cm³/mol. The number of rotatable bonds is 1. The fourth-order valence-corrected chi connectivity index (χ4v) is 2.47. The number of nitrogens with one attached hydrogen (secondary N) is 1. The van der Waals surface area contributed by atoms with E-state index in [0.29, 0.717) is 5.02 Å². The Labute approximate surface area is 95.3 Å². The molecule has 1 aromatic carbocycles. The van der Waals surface area contributed by atoms with Crippen molar-refractivity contribution in [2.24, 2.45) is 0 Å². The lowest BCUT2D eigenvalue weighted by Crippen LogP contribution is -2.27. The molecule has 1 heterocycles. The highest BCUT2D eigenvalue weighted by molar-refractivity contribution is 6.31. The maximum absolute atomic E-state index is 10.6. The number of benzene rings is 1. The maximum atomic E-state index is 10.6. The van der Waals surface area contributed by atoms with Gasteiger partial charge in [-0.2, -0.15) is 0 Å². The van der Waals surface area contributed by atoms with Gasteiger partial charge in [-0.25, -0.2) is 0 Å². The van der Waals surface area contributed by atoms with Crippen LogP contribution in [-0.2, 0) is 5.60 Å². The summed E-state index contributed by atoms with van der Waals surface area (Å²) in [5, 5.41) is 14.5. The molecule has 15 heavy (non-hydrogen) atoms. The van der Waals surface area contributed by atoms with Crippen molar-refractivity contribution in [3.05, 3.63) is 34.9 Å². The second-order valence-corrected chi connectivity index (χ2v) is 4.52. The van der Waals surface area contributed by atoms with E-state index in [1.807, 2.05) is 24.3 Å². The van der Waals surface area contributed by atoms with Crippen LogP contribution in [0.4, 0.5) is 0 Å². The monoisotopic (exact) mass is 225 g/mol. The van der Waals surface area contributed by atoms with Crippen molar-refractivity contribution in [2.45, 2.75) is 24.9 Å². The first-order valence-corrected chi connectivity index (χ1v) is 5.78. The van der Waals surface area contributed by atoms with E-state index in [2.05, 4.69) is 5.32 Å². The second kappa shape index (κ2) is 4.52. The molecular formula is C12H16ClNO. The van der Waals surface area contributed by atoms with E-state index in [0.717, 1.165) is 37.9 Å². The maximum Gasteiger partial charge on any atom is 0.0923 e. The molecule has 1 aliphatic rings. The Balaban J connectivity index is 2.30. The molecule has 1 saturated heterocycles. The number of hydrogen-bond acceptors (Lipinski definition) is 2. The van der Waals surface area contributed by atoms with Gasteiger partial charge in [0, 0.05) is 10.6 Å². The molecule has 1 aromatic rings. The molecule has 0 aliphatic carbocycles. The molecule has 2 N–H and O–H groups in total. The van der Waals surface area contributed by atoms with E-state index in [1.54, 1.807) is 0 Å². The summed E-state index contributed by atoms with van der Waals surface area (Å²) in [7, 11) is 0. The predicted octanol–water partition coefficient (Wildman–Crippen LogP) is 2.30. The number of hydrogen-bond donors (Lipinski definition) is 2. The van der Waals surface area contributed by atoms with Crippen molar-refractivity contribution in [3.8, 4) is 0 Å². The molecule has 0 aromatic heterocycles. The summed E-state index contributed by atoms with van der Waals surface area (Å²) in [4.78, 5) is 0. The number of aliphatic hydroxyl groups is 1. The zero-order valence-electron chi connectivity index (χ0n) is 8.67. The molecular weight excluding hydrogens is 210 g/mol. The molecule has 2 rings (SSSR count). The van der Waals surface area contributed by atoms with Gasteiger partial charge in [-0.15, -0.1) is 0 Å². The highest BCUT2D eigenvalue weighted by Crippen LogP contribution is 2.35. The van der Waals surface area contributed by atoms with Crippen LogP contribution in [-0.4, -0.2) is 18.2 Å². The summed E-state index contributed by atoms with van der Waals surface area (Å²) >= 11 is 6.12. The molecule has 1 unspecified atom stereocenters. The van der Waals surface area contributed by atoms with Crippen LogP contribution in [0.1, 0.15) is 24.8 Å². The lowest BCUT2D eigenvalue weighted by molar-refractivity contribution is 0.0241. The van der Waals surface area contributed by atoms with E-state index in [1.165, 1.54) is 0 Å². The molecule has 1 atom stereocenters. The van der Waals surface area contributed by atoms with Crippen molar-refractivity contribution in [1.29, 1.82) is 0 Å². The largest absolute Gasteiger partial charge is 0.385 e. The fourth-order valence-electron chi connectivity index (χ4n) is 2.16. The lowest BCUT2D eigenvalue weighted by Gasteiger charge is -2.27. The Morgan fingerprint density at radius 2 is 2.00 bits per heavy atom. The highest BCUT2D eigenvalue weighted by Gasteiger charge is 2.31. The summed E-state index contributed by atoms with van der Waals surface area (Å²) in [5.74, 6) is 0. The first-order chi connectivity index (χ1) is 7.22. The Morgan fingerprint density at radius 1 is 1.20 bits per heavy atom. The molecule has 1 aliphatic heterocycles. The normalized spacial score (nSPS) is 27.3. The van der Waals surface area contributed by atoms with Crippen LogP contribution in [0.2, 0.25) is 5.02 Å². The highest BCUT2D eigenvalue weighted by atomic mass is 35.5. The first kappa shape index (κ1) is 10.9. The minimum absolute atomic E-state index is 0.668. The van der Waals surface area contributed by atoms with Crippen LogP contribution in [0.5, 0.6) is 0 Å². The quantitative estimate of drug-likeness (QED) is 0.769. The van der Waals surface area contributed by atoms with Gasteiger partial charge in [-0.1, -0.05) is 29.8 Å². The van der Waals surface area contributed by atoms with E-state index < -0.39 is 5.60 Å². The van der Waals surface area contributed by atoms with E-state index in [4.69, 9.17) is 11.6 Å². The summed E-state index contributed by atoms with van der Waals surface area (Å²) in [5.41, 5.74) is 0.123. The molecule has 82 valence electrons. The summed E-state index contributed by atoms with van der Waals surface area (Å²) in [6, 6.07) is 7.59. The molecule has 0 bridgehead atoms. The zero-order valence-corrected chi connectivity index (χ0v) is 9.43. The minimum atomic E-state index is -0.748. The van der Waals surface area contributed by atoms with Crippen molar-refractivity contribution in [3.63, 3.8) is 0 Å². The topological polar surface area (TPSA) is 32.3 Å². The van der Waals surface area contributed by atoms with E-state index in [9.17, 15) is 5.11 Å². The van der Waals surface area contributed by atoms with E-state index in [-0.39, 0.29) is 0 Å². The van der Waals surface area contributed by atoms with Crippen LogP contribution in [0.25, 0.3) is 0 Å². The van der Waals surface area contributed by atoms with Gasteiger partial charge in [0.05, 0.1) is 5.60 Å². The van der Waals surface area contributed by atoms with Crippen molar-refractivity contribution >= 4 is 11.6 Å². The van der Waals surface area contributed by atoms with Gasteiger partial charge in [0.2, 0.25) is 0 Å². The third-order valence-corrected chi connectivity index (χ3v) is 3.36. The van der Waals surface area contributed by atoms with Crippen molar-refractivity contribution < 1.29 is 5.11 Å². The number of halogens is 1. The van der Waals surface area contributed by atoms with E-state index >= 15 is 0 Å². The van der Waals surface area contributed by atoms with Gasteiger partial charge in [0.25, 0.3) is 0 Å². The molecule has 3 heteroatoms. The van der Waals surface area contributed by atoms with Crippen LogP contribution >= 0.6 is 11.6 Å². The second-order valence-electron chi connectivity index (χ2n) is 4.11. The molecule has 0 amide bonds. The van der Waals surface area contributed by atoms with Gasteiger partial charge >= 0.3 is 0 Å². The fraction of sp³-hybridized carbons (Fsp3) is 0.500. The van der Waals surface area contributed by atoms with Crippen molar-refractivity contribution in [2.75, 3.05) is 13.1 Å². The van der Waals surface area contributed by atoms with Crippen LogP contribution < -0.4 is 5.32 Å². The summed E-state index contributed by atoms with van der Waals surface area (Å²) in [6.45, 7) is 1.83. The average molecular weight is 226 g/mol. The minimum Gasteiger partial charge on any atom is -0.385 e. The van der Waals surface area contributed by atoms with Crippen LogP contribution in [0.15, 0.2) is 24.3 Å². The zero-order chi connectivity index (χ0) is 10.7. The molecule has 0 radical (unpaired) electrons. The molecule has 0 saturated carbocycles.